The van der Waals surface area contributed by atoms with E-state index in [4.69, 9.17) is 9.26 Å². The van der Waals surface area contributed by atoms with Crippen molar-refractivity contribution in [3.63, 3.8) is 0 Å². The summed E-state index contributed by atoms with van der Waals surface area (Å²) >= 11 is 0. The van der Waals surface area contributed by atoms with E-state index in [0.717, 1.165) is 47.2 Å². The van der Waals surface area contributed by atoms with Gasteiger partial charge in [-0.2, -0.15) is 4.68 Å². The molecule has 0 aliphatic rings. The van der Waals surface area contributed by atoms with Crippen LogP contribution in [0.2, 0.25) is 0 Å². The maximum absolute atomic E-state index is 5.23. The van der Waals surface area contributed by atoms with Crippen LogP contribution in [-0.2, 0) is 24.2 Å². The molecule has 0 spiro atoms. The van der Waals surface area contributed by atoms with Gasteiger partial charge in [0.15, 0.2) is 11.6 Å². The van der Waals surface area contributed by atoms with Crippen LogP contribution in [0.5, 0.6) is 0 Å². The van der Waals surface area contributed by atoms with Crippen molar-refractivity contribution < 1.29 is 9.26 Å². The van der Waals surface area contributed by atoms with Gasteiger partial charge in [0.25, 0.3) is 0 Å². The molecule has 24 heavy (non-hydrogen) atoms. The molecule has 0 aliphatic carbocycles. The molecule has 3 aromatic heterocycles. The number of nitrogens with zero attached hydrogens (tertiary/aromatic N) is 5. The Balaban J connectivity index is 1.91. The number of pyridine rings is 1. The van der Waals surface area contributed by atoms with Gasteiger partial charge in [0.2, 0.25) is 0 Å². The molecular formula is C17H21N5O2. The zero-order valence-corrected chi connectivity index (χ0v) is 14.4. The van der Waals surface area contributed by atoms with E-state index in [9.17, 15) is 0 Å². The van der Waals surface area contributed by atoms with Crippen molar-refractivity contribution in [1.29, 1.82) is 0 Å². The molecule has 0 saturated carbocycles. The molecule has 0 N–H and O–H groups in total. The molecule has 7 heteroatoms. The highest BCUT2D eigenvalue weighted by Gasteiger charge is 2.15. The minimum absolute atomic E-state index is 0.372. The average Bonchev–Trinajstić information content (AvgIpc) is 3.10. The van der Waals surface area contributed by atoms with Gasteiger partial charge in [0.1, 0.15) is 18.2 Å². The minimum atomic E-state index is 0.372. The van der Waals surface area contributed by atoms with E-state index in [1.807, 2.05) is 39.0 Å². The third-order valence-electron chi connectivity index (χ3n) is 3.86. The summed E-state index contributed by atoms with van der Waals surface area (Å²) in [4.78, 5) is 9.15. The quantitative estimate of drug-likeness (QED) is 0.692. The van der Waals surface area contributed by atoms with Crippen LogP contribution in [0.3, 0.4) is 0 Å². The summed E-state index contributed by atoms with van der Waals surface area (Å²) in [5.41, 5.74) is 2.98. The second kappa shape index (κ2) is 6.92. The molecule has 0 atom stereocenters. The largest absolute Gasteiger partial charge is 0.377 e. The highest BCUT2D eigenvalue weighted by atomic mass is 16.5. The van der Waals surface area contributed by atoms with Crippen molar-refractivity contribution in [3.8, 4) is 5.82 Å². The first-order valence-corrected chi connectivity index (χ1v) is 7.88. The lowest BCUT2D eigenvalue weighted by molar-refractivity contribution is 0.178. The lowest BCUT2D eigenvalue weighted by atomic mass is 10.1. The Labute approximate surface area is 140 Å². The highest BCUT2D eigenvalue weighted by Crippen LogP contribution is 2.16. The Morgan fingerprint density at radius 2 is 1.96 bits per heavy atom. The molecule has 0 aromatic carbocycles. The molecule has 0 saturated heterocycles. The Morgan fingerprint density at radius 1 is 1.12 bits per heavy atom. The Hall–Kier alpha value is -2.54. The zero-order valence-electron chi connectivity index (χ0n) is 14.4. The van der Waals surface area contributed by atoms with Gasteiger partial charge < -0.3 is 9.26 Å². The van der Waals surface area contributed by atoms with Crippen molar-refractivity contribution in [1.82, 2.24) is 24.9 Å². The van der Waals surface area contributed by atoms with Crippen LogP contribution in [0.15, 0.2) is 22.7 Å². The second-order valence-electron chi connectivity index (χ2n) is 5.73. The van der Waals surface area contributed by atoms with Crippen LogP contribution in [0, 0.1) is 20.8 Å². The SMILES string of the molecule is COCc1nc(CCc2c(C)noc2C)n(-c2cccc(C)n2)n1. The molecule has 0 fully saturated rings. The van der Waals surface area contributed by atoms with E-state index < -0.39 is 0 Å². The van der Waals surface area contributed by atoms with Crippen LogP contribution in [0.4, 0.5) is 0 Å². The molecule has 0 amide bonds. The topological polar surface area (TPSA) is 78.9 Å². The van der Waals surface area contributed by atoms with Crippen LogP contribution < -0.4 is 0 Å². The van der Waals surface area contributed by atoms with E-state index in [2.05, 4.69) is 20.2 Å². The number of hydrogen-bond donors (Lipinski definition) is 0. The normalized spacial score (nSPS) is 11.2. The van der Waals surface area contributed by atoms with Crippen molar-refractivity contribution in [2.75, 3.05) is 7.11 Å². The van der Waals surface area contributed by atoms with Gasteiger partial charge in [0, 0.05) is 24.8 Å². The fourth-order valence-corrected chi connectivity index (χ4v) is 2.67. The molecule has 3 heterocycles. The number of rotatable bonds is 6. The van der Waals surface area contributed by atoms with Crippen LogP contribution in [0.25, 0.3) is 5.82 Å². The molecule has 0 unspecified atom stereocenters. The van der Waals surface area contributed by atoms with Gasteiger partial charge >= 0.3 is 0 Å². The Kier molecular flexibility index (Phi) is 4.71. The van der Waals surface area contributed by atoms with Gasteiger partial charge in [-0.3, -0.25) is 0 Å². The Morgan fingerprint density at radius 3 is 2.62 bits per heavy atom. The summed E-state index contributed by atoms with van der Waals surface area (Å²) in [5, 5.41) is 8.54. The number of aromatic nitrogens is 5. The van der Waals surface area contributed by atoms with Gasteiger partial charge in [0.05, 0.1) is 5.69 Å². The summed E-state index contributed by atoms with van der Waals surface area (Å²) < 4.78 is 12.2. The summed E-state index contributed by atoms with van der Waals surface area (Å²) in [5.74, 6) is 3.11. The minimum Gasteiger partial charge on any atom is -0.377 e. The van der Waals surface area contributed by atoms with Crippen molar-refractivity contribution >= 4 is 0 Å². The summed E-state index contributed by atoms with van der Waals surface area (Å²) in [6.45, 7) is 6.21. The second-order valence-corrected chi connectivity index (χ2v) is 5.73. The number of hydrogen-bond acceptors (Lipinski definition) is 6. The Bertz CT molecular complexity index is 818. The molecule has 126 valence electrons. The summed E-state index contributed by atoms with van der Waals surface area (Å²) in [6, 6.07) is 5.85. The monoisotopic (exact) mass is 327 g/mol. The van der Waals surface area contributed by atoms with Crippen molar-refractivity contribution in [3.05, 3.63) is 52.6 Å². The van der Waals surface area contributed by atoms with E-state index in [1.54, 1.807) is 11.8 Å². The summed E-state index contributed by atoms with van der Waals surface area (Å²) in [6.07, 6.45) is 1.51. The van der Waals surface area contributed by atoms with Crippen molar-refractivity contribution in [2.45, 2.75) is 40.2 Å². The number of aryl methyl sites for hydroxylation is 4. The first kappa shape index (κ1) is 16.3. The van der Waals surface area contributed by atoms with Crippen molar-refractivity contribution in [2.24, 2.45) is 0 Å². The molecule has 0 radical (unpaired) electrons. The van der Waals surface area contributed by atoms with Gasteiger partial charge in [-0.25, -0.2) is 9.97 Å². The third kappa shape index (κ3) is 3.35. The molecule has 0 aliphatic heterocycles. The molecule has 7 nitrogen and oxygen atoms in total. The van der Waals surface area contributed by atoms with Crippen LogP contribution in [-0.4, -0.2) is 32.0 Å². The van der Waals surface area contributed by atoms with E-state index >= 15 is 0 Å². The standard InChI is InChI=1S/C17H21N5O2/c1-11-6-5-7-16(18-11)22-17(19-15(20-22)10-23-4)9-8-14-12(2)21-24-13(14)3/h5-7H,8-10H2,1-4H3. The number of methoxy groups -OCH3 is 1. The van der Waals surface area contributed by atoms with Crippen LogP contribution in [0.1, 0.15) is 34.4 Å². The van der Waals surface area contributed by atoms with E-state index in [1.165, 1.54) is 0 Å². The maximum atomic E-state index is 5.23. The maximum Gasteiger partial charge on any atom is 0.177 e. The average molecular weight is 327 g/mol. The molecular weight excluding hydrogens is 306 g/mol. The first-order chi connectivity index (χ1) is 11.6. The van der Waals surface area contributed by atoms with Crippen LogP contribution >= 0.6 is 0 Å². The predicted molar refractivity (Wildman–Crippen MR) is 88.0 cm³/mol. The van der Waals surface area contributed by atoms with Gasteiger partial charge in [-0.1, -0.05) is 11.2 Å². The highest BCUT2D eigenvalue weighted by molar-refractivity contribution is 5.26. The van der Waals surface area contributed by atoms with Gasteiger partial charge in [-0.05, 0) is 39.3 Å². The fraction of sp³-hybridized carbons (Fsp3) is 0.412. The third-order valence-corrected chi connectivity index (χ3v) is 3.86. The van der Waals surface area contributed by atoms with E-state index in [0.29, 0.717) is 12.4 Å². The predicted octanol–water partition coefficient (Wildman–Crippen LogP) is 2.51. The lowest BCUT2D eigenvalue weighted by Gasteiger charge is -2.05. The smallest absolute Gasteiger partial charge is 0.177 e. The van der Waals surface area contributed by atoms with E-state index in [-0.39, 0.29) is 0 Å². The summed E-state index contributed by atoms with van der Waals surface area (Å²) in [7, 11) is 1.63. The fourth-order valence-electron chi connectivity index (χ4n) is 2.67. The molecule has 0 bridgehead atoms. The molecule has 3 rings (SSSR count). The number of ether oxygens (including phenoxy) is 1. The van der Waals surface area contributed by atoms with Gasteiger partial charge in [-0.15, -0.1) is 5.10 Å². The first-order valence-electron chi connectivity index (χ1n) is 7.88. The lowest BCUT2D eigenvalue weighted by Crippen LogP contribution is -2.07. The zero-order chi connectivity index (χ0) is 17.1. The molecule has 3 aromatic rings.